The van der Waals surface area contributed by atoms with E-state index in [-0.39, 0.29) is 22.7 Å². The highest BCUT2D eigenvalue weighted by molar-refractivity contribution is 5.97. The number of hydrogen-bond donors (Lipinski definition) is 3. The van der Waals surface area contributed by atoms with Crippen LogP contribution in [0, 0.1) is 25.2 Å². The highest BCUT2D eigenvalue weighted by Gasteiger charge is 2.43. The zero-order chi connectivity index (χ0) is 29.1. The lowest BCUT2D eigenvalue weighted by Gasteiger charge is -2.44. The second kappa shape index (κ2) is 12.0. The number of nitrogens with one attached hydrogen (secondary N) is 1. The van der Waals surface area contributed by atoms with Crippen LogP contribution in [0.3, 0.4) is 0 Å². The summed E-state index contributed by atoms with van der Waals surface area (Å²) in [6.07, 6.45) is 3.33. The summed E-state index contributed by atoms with van der Waals surface area (Å²) in [5.74, 6) is -1.32. The van der Waals surface area contributed by atoms with Crippen molar-refractivity contribution < 1.29 is 19.8 Å². The Morgan fingerprint density at radius 3 is 1.82 bits per heavy atom. The average molecular weight is 524 g/mol. The Morgan fingerprint density at radius 2 is 1.39 bits per heavy atom. The van der Waals surface area contributed by atoms with E-state index in [4.69, 9.17) is 5.11 Å². The van der Waals surface area contributed by atoms with Gasteiger partial charge >= 0.3 is 5.97 Å². The van der Waals surface area contributed by atoms with E-state index in [2.05, 4.69) is 85.0 Å². The zero-order valence-corrected chi connectivity index (χ0v) is 25.2. The van der Waals surface area contributed by atoms with Crippen molar-refractivity contribution in [1.29, 1.82) is 0 Å². The van der Waals surface area contributed by atoms with E-state index in [1.54, 1.807) is 0 Å². The van der Waals surface area contributed by atoms with E-state index in [1.165, 1.54) is 23.6 Å². The molecule has 210 valence electrons. The van der Waals surface area contributed by atoms with Gasteiger partial charge in [-0.2, -0.15) is 0 Å². The van der Waals surface area contributed by atoms with Crippen molar-refractivity contribution in [1.82, 2.24) is 5.32 Å². The van der Waals surface area contributed by atoms with Gasteiger partial charge in [0.05, 0.1) is 5.60 Å². The average Bonchev–Trinajstić information content (AvgIpc) is 2.85. The van der Waals surface area contributed by atoms with Gasteiger partial charge in [0.15, 0.2) is 0 Å². The smallest absolute Gasteiger partial charge is 0.325 e. The van der Waals surface area contributed by atoms with Crippen molar-refractivity contribution in [3.63, 3.8) is 0 Å². The Kier molecular flexibility index (Phi) is 9.99. The molecule has 3 atom stereocenters. The van der Waals surface area contributed by atoms with Gasteiger partial charge in [0, 0.05) is 11.0 Å². The van der Waals surface area contributed by atoms with Crippen molar-refractivity contribution in [2.45, 2.75) is 112 Å². The molecule has 0 spiro atoms. The number of carbonyl (C=O) groups excluding carboxylic acids is 1. The van der Waals surface area contributed by atoms with Crippen molar-refractivity contribution in [3.05, 3.63) is 69.8 Å². The number of carboxylic acid groups (broad SMARTS) is 1. The Labute approximate surface area is 230 Å². The molecule has 0 aliphatic rings. The van der Waals surface area contributed by atoms with Crippen molar-refractivity contribution in [2.24, 2.45) is 11.3 Å². The Bertz CT molecular complexity index is 1140. The van der Waals surface area contributed by atoms with Gasteiger partial charge in [0.1, 0.15) is 6.04 Å². The molecule has 0 aromatic heterocycles. The van der Waals surface area contributed by atoms with Crippen LogP contribution in [-0.4, -0.2) is 33.7 Å². The van der Waals surface area contributed by atoms with Crippen molar-refractivity contribution >= 4 is 11.9 Å². The quantitative estimate of drug-likeness (QED) is 0.297. The van der Waals surface area contributed by atoms with Gasteiger partial charge < -0.3 is 15.5 Å². The Hall–Kier alpha value is -2.66. The SMILES string of the molecule is CCC(CC)(c1ccc(CC(C)C(O)(CC)C(C)(C)C)c(C)c1)c1ccc(C(=O)NC(C)C(=O)O)c(C)c1. The number of benzene rings is 2. The van der Waals surface area contributed by atoms with E-state index < -0.39 is 17.6 Å². The van der Waals surface area contributed by atoms with E-state index >= 15 is 0 Å². The molecule has 5 nitrogen and oxygen atoms in total. The fraction of sp³-hybridized carbons (Fsp3) is 0.576. The summed E-state index contributed by atoms with van der Waals surface area (Å²) in [5, 5.41) is 23.2. The maximum atomic E-state index is 12.7. The first-order valence-corrected chi connectivity index (χ1v) is 14.0. The summed E-state index contributed by atoms with van der Waals surface area (Å²) in [5.41, 5.74) is 5.03. The number of rotatable bonds is 11. The first kappa shape index (κ1) is 31.6. The van der Waals surface area contributed by atoms with Gasteiger partial charge in [0.25, 0.3) is 5.91 Å². The summed E-state index contributed by atoms with van der Waals surface area (Å²) in [6, 6.07) is 11.7. The van der Waals surface area contributed by atoms with Gasteiger partial charge in [0.2, 0.25) is 0 Å². The second-order valence-electron chi connectivity index (χ2n) is 12.1. The highest BCUT2D eigenvalue weighted by atomic mass is 16.4. The minimum Gasteiger partial charge on any atom is -0.480 e. The first-order valence-electron chi connectivity index (χ1n) is 14.0. The molecule has 0 bridgehead atoms. The molecule has 3 unspecified atom stereocenters. The number of amides is 1. The Morgan fingerprint density at radius 1 is 0.868 bits per heavy atom. The number of aliphatic hydroxyl groups is 1. The van der Waals surface area contributed by atoms with Crippen molar-refractivity contribution in [3.8, 4) is 0 Å². The van der Waals surface area contributed by atoms with Crippen LogP contribution in [0.4, 0.5) is 0 Å². The maximum Gasteiger partial charge on any atom is 0.325 e. The number of hydrogen-bond acceptors (Lipinski definition) is 3. The summed E-state index contributed by atoms with van der Waals surface area (Å²) in [4.78, 5) is 23.8. The summed E-state index contributed by atoms with van der Waals surface area (Å²) < 4.78 is 0. The van der Waals surface area contributed by atoms with Crippen LogP contribution < -0.4 is 5.32 Å². The van der Waals surface area contributed by atoms with Crippen molar-refractivity contribution in [2.75, 3.05) is 0 Å². The molecule has 38 heavy (non-hydrogen) atoms. The predicted molar refractivity (Wildman–Crippen MR) is 156 cm³/mol. The summed E-state index contributed by atoms with van der Waals surface area (Å²) in [6.45, 7) is 20.5. The third-order valence-corrected chi connectivity index (χ3v) is 9.02. The molecule has 2 aromatic rings. The lowest BCUT2D eigenvalue weighted by molar-refractivity contribution is -0.138. The molecule has 0 heterocycles. The summed E-state index contributed by atoms with van der Waals surface area (Å²) in [7, 11) is 0. The van der Waals surface area contributed by atoms with Gasteiger partial charge in [-0.25, -0.2) is 0 Å². The molecule has 1 amide bonds. The lowest BCUT2D eigenvalue weighted by Crippen LogP contribution is -2.48. The van der Waals surface area contributed by atoms with Crippen LogP contribution in [0.1, 0.15) is 113 Å². The molecule has 0 saturated carbocycles. The third kappa shape index (κ3) is 6.14. The number of aliphatic carboxylic acids is 1. The van der Waals surface area contributed by atoms with Gasteiger partial charge in [-0.15, -0.1) is 0 Å². The molecular weight excluding hydrogens is 474 g/mol. The molecule has 0 aliphatic carbocycles. The van der Waals surface area contributed by atoms with E-state index in [1.807, 2.05) is 19.1 Å². The van der Waals surface area contributed by atoms with Crippen LogP contribution in [-0.2, 0) is 16.6 Å². The van der Waals surface area contributed by atoms with Crippen LogP contribution >= 0.6 is 0 Å². The van der Waals surface area contributed by atoms with Crippen LogP contribution in [0.2, 0.25) is 0 Å². The molecule has 2 rings (SSSR count). The molecule has 3 N–H and O–H groups in total. The molecular formula is C33H49NO4. The van der Waals surface area contributed by atoms with E-state index in [0.29, 0.717) is 12.0 Å². The largest absolute Gasteiger partial charge is 0.480 e. The number of carbonyl (C=O) groups is 2. The first-order chi connectivity index (χ1) is 17.6. The molecule has 0 fully saturated rings. The fourth-order valence-corrected chi connectivity index (χ4v) is 6.12. The number of carboxylic acids is 1. The molecule has 0 aliphatic heterocycles. The van der Waals surface area contributed by atoms with Crippen LogP contribution in [0.5, 0.6) is 0 Å². The Balaban J connectivity index is 2.44. The third-order valence-electron chi connectivity index (χ3n) is 9.02. The second-order valence-corrected chi connectivity index (χ2v) is 12.1. The monoisotopic (exact) mass is 523 g/mol. The fourth-order valence-electron chi connectivity index (χ4n) is 6.12. The topological polar surface area (TPSA) is 86.6 Å². The van der Waals surface area contributed by atoms with E-state index in [9.17, 15) is 14.7 Å². The standard InChI is InChI=1S/C33H49NO4/c1-11-32(12-2,27-16-17-28(22(5)19-27)29(35)34-24(7)30(36)37)26-15-14-25(21(4)18-26)20-23(6)33(38,13-3)31(8,9)10/h14-19,23-24,38H,11-13,20H2,1-10H3,(H,34,35)(H,36,37). The molecule has 5 heteroatoms. The minimum atomic E-state index is -1.06. The number of aryl methyl sites for hydroxylation is 2. The van der Waals surface area contributed by atoms with Crippen LogP contribution in [0.25, 0.3) is 0 Å². The van der Waals surface area contributed by atoms with Gasteiger partial charge in [-0.1, -0.05) is 78.8 Å². The molecule has 0 saturated heterocycles. The van der Waals surface area contributed by atoms with Gasteiger partial charge in [-0.05, 0) is 91.7 Å². The predicted octanol–water partition coefficient (Wildman–Crippen LogP) is 6.98. The maximum absolute atomic E-state index is 12.7. The minimum absolute atomic E-state index is 0.115. The normalized spacial score (nSPS) is 15.4. The van der Waals surface area contributed by atoms with Gasteiger partial charge in [-0.3, -0.25) is 9.59 Å². The zero-order valence-electron chi connectivity index (χ0n) is 25.2. The molecule has 0 radical (unpaired) electrons. The lowest BCUT2D eigenvalue weighted by atomic mass is 9.66. The molecule has 2 aromatic carbocycles. The highest BCUT2D eigenvalue weighted by Crippen LogP contribution is 2.43. The van der Waals surface area contributed by atoms with E-state index in [0.717, 1.165) is 30.4 Å². The summed E-state index contributed by atoms with van der Waals surface area (Å²) >= 11 is 0. The van der Waals surface area contributed by atoms with Crippen LogP contribution in [0.15, 0.2) is 36.4 Å².